The van der Waals surface area contributed by atoms with Crippen LogP contribution in [0.3, 0.4) is 0 Å². The molecule has 0 aliphatic carbocycles. The maximum absolute atomic E-state index is 12.7. The van der Waals surface area contributed by atoms with E-state index in [-0.39, 0.29) is 5.04 Å². The van der Waals surface area contributed by atoms with Crippen molar-refractivity contribution < 1.29 is 18.3 Å². The lowest BCUT2D eigenvalue weighted by Gasteiger charge is -2.21. The predicted molar refractivity (Wildman–Crippen MR) is 75.6 cm³/mol. The van der Waals surface area contributed by atoms with Crippen LogP contribution < -0.4 is 0 Å². The molecule has 0 fully saturated rings. The first-order chi connectivity index (χ1) is 9.27. The summed E-state index contributed by atoms with van der Waals surface area (Å²) >= 11 is 4.12. The number of aliphatic imine (C=N–C) groups is 1. The summed E-state index contributed by atoms with van der Waals surface area (Å²) in [7, 11) is 0. The van der Waals surface area contributed by atoms with Gasteiger partial charge in [0.05, 0.1) is 5.75 Å². The fourth-order valence-electron chi connectivity index (χ4n) is 1.65. The second-order valence-corrected chi connectivity index (χ2v) is 6.10. The predicted octanol–water partition coefficient (Wildman–Crippen LogP) is 3.36. The molecule has 0 spiro atoms. The van der Waals surface area contributed by atoms with Crippen LogP contribution in [0.4, 0.5) is 13.2 Å². The summed E-state index contributed by atoms with van der Waals surface area (Å²) in [5, 5.41) is 9.71. The Kier molecular flexibility index (Phi) is 4.46. The van der Waals surface area contributed by atoms with Gasteiger partial charge in [-0.25, -0.2) is 4.99 Å². The van der Waals surface area contributed by atoms with Gasteiger partial charge >= 0.3 is 6.18 Å². The van der Waals surface area contributed by atoms with Crippen LogP contribution in [0.5, 0.6) is 0 Å². The van der Waals surface area contributed by atoms with Gasteiger partial charge in [-0.05, 0) is 34.8 Å². The molecule has 0 saturated heterocycles. The van der Waals surface area contributed by atoms with E-state index in [9.17, 15) is 18.3 Å². The topological polar surface area (TPSA) is 45.5 Å². The molecule has 1 N–H and O–H groups in total. The minimum absolute atomic E-state index is 0.157. The third-order valence-corrected chi connectivity index (χ3v) is 4.49. The van der Waals surface area contributed by atoms with Crippen molar-refractivity contribution in [2.24, 2.45) is 4.99 Å². The molecular weight excluding hydrogens is 357 g/mol. The highest BCUT2D eigenvalue weighted by Gasteiger charge is 2.57. The van der Waals surface area contributed by atoms with Crippen LogP contribution in [0.25, 0.3) is 0 Å². The van der Waals surface area contributed by atoms with Crippen LogP contribution in [-0.2, 0) is 6.42 Å². The second kappa shape index (κ2) is 5.65. The average Bonchev–Trinajstić information content (AvgIpc) is 2.75. The smallest absolute Gasteiger partial charge is 0.361 e. The Morgan fingerprint density at radius 1 is 1.50 bits per heavy atom. The summed E-state index contributed by atoms with van der Waals surface area (Å²) in [5.41, 5.74) is -1.78. The van der Waals surface area contributed by atoms with Gasteiger partial charge in [0, 0.05) is 21.9 Å². The van der Waals surface area contributed by atoms with Crippen molar-refractivity contribution in [3.05, 3.63) is 34.9 Å². The zero-order valence-electron chi connectivity index (χ0n) is 10.2. The maximum atomic E-state index is 12.7. The Bertz CT molecular complexity index is 550. The lowest BCUT2D eigenvalue weighted by atomic mass is 10.2. The molecule has 1 unspecified atom stereocenters. The van der Waals surface area contributed by atoms with Gasteiger partial charge in [-0.15, -0.1) is 11.8 Å². The van der Waals surface area contributed by atoms with Gasteiger partial charge in [-0.2, -0.15) is 13.2 Å². The van der Waals surface area contributed by atoms with Crippen molar-refractivity contribution in [1.29, 1.82) is 0 Å². The molecule has 2 rings (SSSR count). The van der Waals surface area contributed by atoms with E-state index in [1.165, 1.54) is 6.20 Å². The summed E-state index contributed by atoms with van der Waals surface area (Å²) in [6.07, 6.45) is -1.99. The third-order valence-electron chi connectivity index (χ3n) is 2.73. The summed E-state index contributed by atoms with van der Waals surface area (Å²) in [6, 6.07) is 1.67. The monoisotopic (exact) mass is 367 g/mol. The van der Waals surface area contributed by atoms with Gasteiger partial charge in [0.2, 0.25) is 0 Å². The molecule has 109 valence electrons. The first-order valence-electron chi connectivity index (χ1n) is 5.72. The standard InChI is InChI=1S/C12H11BrF3N2OS/c1-2-3-7-4-8(9(13)5-17-7)10-18-11(19,6-20-10)12(14,15)16/h4-5,19H,1-3,6H2. The molecule has 0 bridgehead atoms. The first kappa shape index (κ1) is 15.8. The van der Waals surface area contributed by atoms with Crippen molar-refractivity contribution in [2.75, 3.05) is 5.75 Å². The van der Waals surface area contributed by atoms with Crippen LogP contribution in [0.1, 0.15) is 17.7 Å². The van der Waals surface area contributed by atoms with E-state index in [1.54, 1.807) is 6.07 Å². The van der Waals surface area contributed by atoms with Crippen LogP contribution in [0.2, 0.25) is 0 Å². The molecule has 1 radical (unpaired) electrons. The molecule has 1 atom stereocenters. The lowest BCUT2D eigenvalue weighted by Crippen LogP contribution is -2.43. The van der Waals surface area contributed by atoms with E-state index in [2.05, 4.69) is 32.8 Å². The Balaban J connectivity index is 2.38. The van der Waals surface area contributed by atoms with Crippen molar-refractivity contribution in [3.8, 4) is 0 Å². The molecule has 1 aliphatic heterocycles. The van der Waals surface area contributed by atoms with Crippen LogP contribution in [0.15, 0.2) is 21.7 Å². The van der Waals surface area contributed by atoms with E-state index < -0.39 is 17.7 Å². The largest absolute Gasteiger partial charge is 0.439 e. The number of alkyl halides is 3. The average molecular weight is 368 g/mol. The molecule has 0 saturated carbocycles. The van der Waals surface area contributed by atoms with Crippen LogP contribution >= 0.6 is 27.7 Å². The van der Waals surface area contributed by atoms with Crippen LogP contribution in [-0.4, -0.2) is 32.8 Å². The number of halogens is 4. The van der Waals surface area contributed by atoms with Gasteiger partial charge in [0.25, 0.3) is 5.72 Å². The molecule has 1 aromatic rings. The van der Waals surface area contributed by atoms with Gasteiger partial charge in [0.1, 0.15) is 5.04 Å². The number of aryl methyl sites for hydroxylation is 1. The zero-order chi connectivity index (χ0) is 15.0. The normalized spacial score (nSPS) is 23.0. The molecule has 3 nitrogen and oxygen atoms in total. The number of hydrogen-bond acceptors (Lipinski definition) is 4. The van der Waals surface area contributed by atoms with Gasteiger partial charge in [0.15, 0.2) is 0 Å². The minimum Gasteiger partial charge on any atom is -0.361 e. The van der Waals surface area contributed by atoms with Crippen LogP contribution in [0, 0.1) is 6.92 Å². The van der Waals surface area contributed by atoms with E-state index >= 15 is 0 Å². The Morgan fingerprint density at radius 2 is 2.20 bits per heavy atom. The maximum Gasteiger partial charge on any atom is 0.439 e. The molecule has 0 aromatic carbocycles. The van der Waals surface area contributed by atoms with E-state index in [1.807, 2.05) is 0 Å². The fourth-order valence-corrected chi connectivity index (χ4v) is 3.29. The highest BCUT2D eigenvalue weighted by atomic mass is 79.9. The molecular formula is C12H11BrF3N2OS. The molecule has 1 aromatic heterocycles. The zero-order valence-corrected chi connectivity index (χ0v) is 12.6. The number of thioether (sulfide) groups is 1. The highest BCUT2D eigenvalue weighted by molar-refractivity contribution is 9.10. The Morgan fingerprint density at radius 3 is 2.75 bits per heavy atom. The Labute approximate surface area is 126 Å². The van der Waals surface area contributed by atoms with Crippen molar-refractivity contribution in [1.82, 2.24) is 4.98 Å². The van der Waals surface area contributed by atoms with Gasteiger partial charge < -0.3 is 5.11 Å². The number of hydrogen-bond donors (Lipinski definition) is 1. The fraction of sp³-hybridized carbons (Fsp3) is 0.417. The van der Waals surface area contributed by atoms with Crippen molar-refractivity contribution in [2.45, 2.75) is 24.7 Å². The summed E-state index contributed by atoms with van der Waals surface area (Å²) in [5.74, 6) is -0.536. The summed E-state index contributed by atoms with van der Waals surface area (Å²) < 4.78 is 38.7. The molecule has 8 heteroatoms. The number of pyridine rings is 1. The third kappa shape index (κ3) is 3.01. The summed E-state index contributed by atoms with van der Waals surface area (Å²) in [4.78, 5) is 7.61. The number of aromatic nitrogens is 1. The van der Waals surface area contributed by atoms with Gasteiger partial charge in [-0.1, -0.05) is 6.92 Å². The molecule has 20 heavy (non-hydrogen) atoms. The first-order valence-corrected chi connectivity index (χ1v) is 7.50. The van der Waals surface area contributed by atoms with E-state index in [0.29, 0.717) is 22.9 Å². The SMILES string of the molecule is [CH2]CCc1cc(C2=NC(O)(C(F)(F)F)CS2)c(Br)cn1. The molecule has 0 amide bonds. The number of nitrogens with zero attached hydrogens (tertiary/aromatic N) is 2. The van der Waals surface area contributed by atoms with E-state index in [0.717, 1.165) is 17.5 Å². The quantitative estimate of drug-likeness (QED) is 0.890. The molecule has 2 heterocycles. The minimum atomic E-state index is -4.78. The highest BCUT2D eigenvalue weighted by Crippen LogP contribution is 2.41. The molecule has 1 aliphatic rings. The van der Waals surface area contributed by atoms with Gasteiger partial charge in [-0.3, -0.25) is 4.98 Å². The van der Waals surface area contributed by atoms with Crippen molar-refractivity contribution in [3.63, 3.8) is 0 Å². The van der Waals surface area contributed by atoms with E-state index in [4.69, 9.17) is 0 Å². The summed E-state index contributed by atoms with van der Waals surface area (Å²) in [6.45, 7) is 3.71. The van der Waals surface area contributed by atoms with Crippen molar-refractivity contribution >= 4 is 32.7 Å². The Hall–Kier alpha value is -0.600. The lowest BCUT2D eigenvalue weighted by molar-refractivity contribution is -0.245. The second-order valence-electron chi connectivity index (χ2n) is 4.28. The number of aliphatic hydroxyl groups is 1. The number of rotatable bonds is 3.